The van der Waals surface area contributed by atoms with E-state index in [0.717, 1.165) is 23.2 Å². The number of ether oxygens (including phenoxy) is 3. The fourth-order valence-corrected chi connectivity index (χ4v) is 4.76. The van der Waals surface area contributed by atoms with E-state index in [0.29, 0.717) is 35.1 Å². The molecule has 1 amide bonds. The molecule has 194 valence electrons. The highest BCUT2D eigenvalue weighted by molar-refractivity contribution is 6.09. The van der Waals surface area contributed by atoms with Gasteiger partial charge >= 0.3 is 5.97 Å². The summed E-state index contributed by atoms with van der Waals surface area (Å²) in [4.78, 5) is 29.4. The summed E-state index contributed by atoms with van der Waals surface area (Å²) in [6.45, 7) is 10.9. The van der Waals surface area contributed by atoms with Gasteiger partial charge in [0.15, 0.2) is 11.5 Å². The maximum Gasteiger partial charge on any atom is 0.339 e. The van der Waals surface area contributed by atoms with E-state index < -0.39 is 11.6 Å². The summed E-state index contributed by atoms with van der Waals surface area (Å²) in [7, 11) is 0. The van der Waals surface area contributed by atoms with E-state index >= 15 is 0 Å². The molecule has 6 nitrogen and oxygen atoms in total. The minimum Gasteiger partial charge on any atom is -0.454 e. The fraction of sp³-hybridized carbons (Fsp3) is 0.355. The van der Waals surface area contributed by atoms with Gasteiger partial charge in [-0.05, 0) is 49.6 Å². The van der Waals surface area contributed by atoms with Crippen LogP contribution in [0.2, 0.25) is 0 Å². The monoisotopic (exact) mass is 501 g/mol. The van der Waals surface area contributed by atoms with Crippen LogP contribution in [0.15, 0.2) is 66.7 Å². The molecule has 0 fully saturated rings. The number of fused-ring (bicyclic) bond motifs is 2. The SMILES string of the molecule is CC.Cc1ccc2c(c1)C(Cc1cccc3c1OCO3)(OC(=O)c1ccccc1)C(=O)N2CCC(C)C. The average Bonchev–Trinajstić information content (AvgIpc) is 3.47. The van der Waals surface area contributed by atoms with Gasteiger partial charge in [0, 0.05) is 24.1 Å². The molecular formula is C31H35NO5. The Hall–Kier alpha value is -3.80. The van der Waals surface area contributed by atoms with Gasteiger partial charge < -0.3 is 19.1 Å². The highest BCUT2D eigenvalue weighted by Gasteiger charge is 2.55. The lowest BCUT2D eigenvalue weighted by atomic mass is 9.86. The van der Waals surface area contributed by atoms with Crippen molar-refractivity contribution in [3.05, 3.63) is 89.0 Å². The molecule has 0 aromatic heterocycles. The fourth-order valence-electron chi connectivity index (χ4n) is 4.76. The van der Waals surface area contributed by atoms with Gasteiger partial charge in [0.2, 0.25) is 12.4 Å². The number of aryl methyl sites for hydroxylation is 1. The molecule has 2 aliphatic heterocycles. The standard InChI is InChI=1S/C29H29NO5.C2H6/c1-19(2)14-15-30-24-13-12-20(3)16-23(24)29(28(30)32,35-27(31)21-8-5-4-6-9-21)17-22-10-7-11-25-26(22)34-18-33-25;1-2/h4-13,16,19H,14-15,17-18H2,1-3H3;1-2H3. The van der Waals surface area contributed by atoms with E-state index in [1.807, 2.05) is 63.2 Å². The number of benzene rings is 3. The van der Waals surface area contributed by atoms with Crippen LogP contribution in [0.4, 0.5) is 5.69 Å². The second-order valence-corrected chi connectivity index (χ2v) is 9.57. The van der Waals surface area contributed by atoms with Crippen LogP contribution >= 0.6 is 0 Å². The first-order chi connectivity index (χ1) is 17.9. The summed E-state index contributed by atoms with van der Waals surface area (Å²) < 4.78 is 17.6. The van der Waals surface area contributed by atoms with Gasteiger partial charge in [-0.1, -0.05) is 69.7 Å². The number of hydrogen-bond donors (Lipinski definition) is 0. The van der Waals surface area contributed by atoms with Gasteiger partial charge in [-0.15, -0.1) is 0 Å². The van der Waals surface area contributed by atoms with Crippen LogP contribution in [0.25, 0.3) is 0 Å². The smallest absolute Gasteiger partial charge is 0.339 e. The van der Waals surface area contributed by atoms with Crippen molar-refractivity contribution in [2.45, 2.75) is 53.1 Å². The van der Waals surface area contributed by atoms with E-state index in [4.69, 9.17) is 14.2 Å². The van der Waals surface area contributed by atoms with Crippen molar-refractivity contribution in [3.8, 4) is 11.5 Å². The molecule has 3 aromatic rings. The molecule has 5 rings (SSSR count). The molecule has 6 heteroatoms. The number of rotatable bonds is 7. The van der Waals surface area contributed by atoms with E-state index in [-0.39, 0.29) is 19.1 Å². The summed E-state index contributed by atoms with van der Waals surface area (Å²) in [5.74, 6) is 0.854. The first kappa shape index (κ1) is 26.3. The van der Waals surface area contributed by atoms with Crippen molar-refractivity contribution < 1.29 is 23.8 Å². The molecule has 1 unspecified atom stereocenters. The lowest BCUT2D eigenvalue weighted by molar-refractivity contribution is -0.137. The molecule has 0 saturated heterocycles. The third kappa shape index (κ3) is 5.06. The van der Waals surface area contributed by atoms with Gasteiger partial charge in [0.25, 0.3) is 5.91 Å². The third-order valence-electron chi connectivity index (χ3n) is 6.59. The van der Waals surface area contributed by atoms with Crippen molar-refractivity contribution in [2.24, 2.45) is 5.92 Å². The second-order valence-electron chi connectivity index (χ2n) is 9.57. The highest BCUT2D eigenvalue weighted by atomic mass is 16.7. The maximum atomic E-state index is 14.3. The number of carbonyl (C=O) groups excluding carboxylic acids is 2. The second kappa shape index (κ2) is 11.1. The maximum absolute atomic E-state index is 14.3. The summed E-state index contributed by atoms with van der Waals surface area (Å²) in [6.07, 6.45) is 0.977. The third-order valence-corrected chi connectivity index (χ3v) is 6.59. The van der Waals surface area contributed by atoms with Crippen LogP contribution < -0.4 is 14.4 Å². The number of esters is 1. The molecule has 0 radical (unpaired) electrons. The summed E-state index contributed by atoms with van der Waals surface area (Å²) in [5, 5.41) is 0. The van der Waals surface area contributed by atoms with E-state index in [1.165, 1.54) is 0 Å². The molecule has 2 heterocycles. The number of hydrogen-bond acceptors (Lipinski definition) is 5. The Kier molecular flexibility index (Phi) is 7.86. The normalized spacial score (nSPS) is 17.4. The number of para-hydroxylation sites is 1. The lowest BCUT2D eigenvalue weighted by Crippen LogP contribution is -2.46. The van der Waals surface area contributed by atoms with Crippen molar-refractivity contribution >= 4 is 17.6 Å². The Bertz CT molecular complexity index is 1270. The predicted octanol–water partition coefficient (Wildman–Crippen LogP) is 6.44. The van der Waals surface area contributed by atoms with E-state index in [2.05, 4.69) is 13.8 Å². The van der Waals surface area contributed by atoms with Crippen LogP contribution in [-0.2, 0) is 21.6 Å². The Morgan fingerprint density at radius 2 is 1.78 bits per heavy atom. The number of amides is 1. The van der Waals surface area contributed by atoms with Gasteiger partial charge in [-0.25, -0.2) is 4.79 Å². The molecule has 0 saturated carbocycles. The lowest BCUT2D eigenvalue weighted by Gasteiger charge is -2.29. The zero-order valence-electron chi connectivity index (χ0n) is 22.2. The minimum atomic E-state index is -1.52. The van der Waals surface area contributed by atoms with Crippen LogP contribution in [0.3, 0.4) is 0 Å². The topological polar surface area (TPSA) is 65.1 Å². The summed E-state index contributed by atoms with van der Waals surface area (Å²) >= 11 is 0. The quantitative estimate of drug-likeness (QED) is 0.349. The number of anilines is 1. The number of nitrogens with zero attached hydrogens (tertiary/aromatic N) is 1. The molecular weight excluding hydrogens is 466 g/mol. The Labute approximate surface area is 219 Å². The zero-order valence-corrected chi connectivity index (χ0v) is 22.2. The van der Waals surface area contributed by atoms with Crippen molar-refractivity contribution in [1.29, 1.82) is 0 Å². The van der Waals surface area contributed by atoms with Crippen LogP contribution in [0.5, 0.6) is 11.5 Å². The first-order valence-corrected chi connectivity index (χ1v) is 13.0. The average molecular weight is 502 g/mol. The Morgan fingerprint density at radius 1 is 1.03 bits per heavy atom. The Morgan fingerprint density at radius 3 is 2.51 bits per heavy atom. The molecule has 0 spiro atoms. The first-order valence-electron chi connectivity index (χ1n) is 13.0. The molecule has 1 atom stereocenters. The van der Waals surface area contributed by atoms with Crippen LogP contribution in [0.1, 0.15) is 61.2 Å². The highest BCUT2D eigenvalue weighted by Crippen LogP contribution is 2.48. The van der Waals surface area contributed by atoms with Gasteiger partial charge in [-0.2, -0.15) is 0 Å². The Balaban J connectivity index is 0.00000156. The summed E-state index contributed by atoms with van der Waals surface area (Å²) in [5.41, 5.74) is 2.10. The predicted molar refractivity (Wildman–Crippen MR) is 144 cm³/mol. The largest absolute Gasteiger partial charge is 0.454 e. The van der Waals surface area contributed by atoms with Crippen molar-refractivity contribution in [2.75, 3.05) is 18.2 Å². The van der Waals surface area contributed by atoms with Crippen molar-refractivity contribution in [3.63, 3.8) is 0 Å². The summed E-state index contributed by atoms with van der Waals surface area (Å²) in [6, 6.07) is 20.3. The van der Waals surface area contributed by atoms with Gasteiger partial charge in [0.05, 0.1) is 11.3 Å². The molecule has 0 bridgehead atoms. The minimum absolute atomic E-state index is 0.118. The van der Waals surface area contributed by atoms with E-state index in [1.54, 1.807) is 29.2 Å². The molecule has 0 N–H and O–H groups in total. The molecule has 2 aliphatic rings. The van der Waals surface area contributed by atoms with Crippen LogP contribution in [-0.4, -0.2) is 25.2 Å². The number of carbonyl (C=O) groups is 2. The van der Waals surface area contributed by atoms with Crippen molar-refractivity contribution in [1.82, 2.24) is 0 Å². The molecule has 0 aliphatic carbocycles. The van der Waals surface area contributed by atoms with Gasteiger partial charge in [-0.3, -0.25) is 4.79 Å². The molecule has 37 heavy (non-hydrogen) atoms. The van der Waals surface area contributed by atoms with Crippen LogP contribution in [0, 0.1) is 12.8 Å². The van der Waals surface area contributed by atoms with E-state index in [9.17, 15) is 9.59 Å². The molecule has 3 aromatic carbocycles. The van der Waals surface area contributed by atoms with Gasteiger partial charge in [0.1, 0.15) is 0 Å². The zero-order chi connectivity index (χ0) is 26.6.